The van der Waals surface area contributed by atoms with E-state index in [4.69, 9.17) is 5.11 Å². The molecule has 2 rings (SSSR count). The van der Waals surface area contributed by atoms with Crippen LogP contribution in [0.15, 0.2) is 24.3 Å². The highest BCUT2D eigenvalue weighted by atomic mass is 16.3. The SMILES string of the molecule is Cc1ccccc1CCC(=O)N1CCC(CCO)C1. The summed E-state index contributed by atoms with van der Waals surface area (Å²) in [5.74, 6) is 0.746. The molecule has 1 N–H and O–H groups in total. The summed E-state index contributed by atoms with van der Waals surface area (Å²) >= 11 is 0. The number of hydrogen-bond acceptors (Lipinski definition) is 2. The number of rotatable bonds is 5. The Bertz CT molecular complexity index is 431. The Morgan fingerprint density at radius 3 is 2.95 bits per heavy atom. The highest BCUT2D eigenvalue weighted by Gasteiger charge is 2.25. The van der Waals surface area contributed by atoms with Gasteiger partial charge < -0.3 is 10.0 Å². The normalized spacial score (nSPS) is 18.8. The summed E-state index contributed by atoms with van der Waals surface area (Å²) in [5.41, 5.74) is 2.52. The maximum Gasteiger partial charge on any atom is 0.222 e. The van der Waals surface area contributed by atoms with Crippen LogP contribution >= 0.6 is 0 Å². The molecule has 1 aromatic carbocycles. The van der Waals surface area contributed by atoms with Crippen LogP contribution in [-0.2, 0) is 11.2 Å². The first-order valence-electron chi connectivity index (χ1n) is 7.14. The molecular formula is C16H23NO2. The van der Waals surface area contributed by atoms with Crippen molar-refractivity contribution in [2.75, 3.05) is 19.7 Å². The molecule has 1 saturated heterocycles. The molecule has 0 bridgehead atoms. The molecule has 1 unspecified atom stereocenters. The molecule has 0 saturated carbocycles. The number of aliphatic hydroxyl groups is 1. The van der Waals surface area contributed by atoms with Crippen molar-refractivity contribution in [2.45, 2.75) is 32.6 Å². The molecule has 19 heavy (non-hydrogen) atoms. The molecule has 1 heterocycles. The van der Waals surface area contributed by atoms with Crippen LogP contribution in [0.4, 0.5) is 0 Å². The molecule has 1 fully saturated rings. The average molecular weight is 261 g/mol. The van der Waals surface area contributed by atoms with Crippen molar-refractivity contribution < 1.29 is 9.90 Å². The number of nitrogens with zero attached hydrogens (tertiary/aromatic N) is 1. The second-order valence-electron chi connectivity index (χ2n) is 5.43. The standard InChI is InChI=1S/C16H23NO2/c1-13-4-2-3-5-15(13)6-7-16(19)17-10-8-14(12-17)9-11-18/h2-5,14,18H,6-12H2,1H3. The molecule has 1 aliphatic heterocycles. The maximum atomic E-state index is 12.1. The zero-order chi connectivity index (χ0) is 13.7. The zero-order valence-electron chi connectivity index (χ0n) is 11.6. The molecular weight excluding hydrogens is 238 g/mol. The summed E-state index contributed by atoms with van der Waals surface area (Å²) in [7, 11) is 0. The Hall–Kier alpha value is -1.35. The van der Waals surface area contributed by atoms with Gasteiger partial charge in [0, 0.05) is 26.1 Å². The van der Waals surface area contributed by atoms with Gasteiger partial charge >= 0.3 is 0 Å². The summed E-state index contributed by atoms with van der Waals surface area (Å²) in [4.78, 5) is 14.1. The van der Waals surface area contributed by atoms with Gasteiger partial charge in [0.2, 0.25) is 5.91 Å². The van der Waals surface area contributed by atoms with Gasteiger partial charge in [0.25, 0.3) is 0 Å². The third kappa shape index (κ3) is 3.80. The van der Waals surface area contributed by atoms with Gasteiger partial charge in [-0.1, -0.05) is 24.3 Å². The van der Waals surface area contributed by atoms with Gasteiger partial charge in [0.15, 0.2) is 0 Å². The summed E-state index contributed by atoms with van der Waals surface area (Å²) in [6.45, 7) is 4.01. The number of carbonyl (C=O) groups excluding carboxylic acids is 1. The second-order valence-corrected chi connectivity index (χ2v) is 5.43. The zero-order valence-corrected chi connectivity index (χ0v) is 11.6. The Balaban J connectivity index is 1.81. The van der Waals surface area contributed by atoms with Crippen LogP contribution in [0.5, 0.6) is 0 Å². The van der Waals surface area contributed by atoms with Crippen molar-refractivity contribution in [3.05, 3.63) is 35.4 Å². The average Bonchev–Trinajstić information content (AvgIpc) is 2.87. The van der Waals surface area contributed by atoms with Gasteiger partial charge in [0.1, 0.15) is 0 Å². The predicted molar refractivity (Wildman–Crippen MR) is 75.9 cm³/mol. The molecule has 3 heteroatoms. The highest BCUT2D eigenvalue weighted by Crippen LogP contribution is 2.20. The minimum atomic E-state index is 0.232. The number of carbonyl (C=O) groups is 1. The van der Waals surface area contributed by atoms with E-state index < -0.39 is 0 Å². The quantitative estimate of drug-likeness (QED) is 0.882. The van der Waals surface area contributed by atoms with E-state index in [9.17, 15) is 4.79 Å². The fourth-order valence-electron chi connectivity index (χ4n) is 2.77. The molecule has 104 valence electrons. The molecule has 1 aliphatic rings. The van der Waals surface area contributed by atoms with Crippen LogP contribution in [0.1, 0.15) is 30.4 Å². The lowest BCUT2D eigenvalue weighted by Crippen LogP contribution is -2.29. The lowest BCUT2D eigenvalue weighted by molar-refractivity contribution is -0.130. The minimum Gasteiger partial charge on any atom is -0.396 e. The smallest absolute Gasteiger partial charge is 0.222 e. The maximum absolute atomic E-state index is 12.1. The van der Waals surface area contributed by atoms with Crippen molar-refractivity contribution in [2.24, 2.45) is 5.92 Å². The first kappa shape index (κ1) is 14.1. The molecule has 1 atom stereocenters. The van der Waals surface area contributed by atoms with Gasteiger partial charge in [-0.25, -0.2) is 0 Å². The van der Waals surface area contributed by atoms with Gasteiger partial charge in [-0.15, -0.1) is 0 Å². The van der Waals surface area contributed by atoms with E-state index in [2.05, 4.69) is 19.1 Å². The monoisotopic (exact) mass is 261 g/mol. The number of amides is 1. The third-order valence-electron chi connectivity index (χ3n) is 4.05. The topological polar surface area (TPSA) is 40.5 Å². The fraction of sp³-hybridized carbons (Fsp3) is 0.562. The number of likely N-dealkylation sites (tertiary alicyclic amines) is 1. The second kappa shape index (κ2) is 6.71. The van der Waals surface area contributed by atoms with E-state index in [0.29, 0.717) is 12.3 Å². The molecule has 3 nitrogen and oxygen atoms in total. The van der Waals surface area contributed by atoms with Gasteiger partial charge in [-0.05, 0) is 43.2 Å². The first-order chi connectivity index (χ1) is 9.20. The fourth-order valence-corrected chi connectivity index (χ4v) is 2.77. The van der Waals surface area contributed by atoms with Gasteiger partial charge in [0.05, 0.1) is 0 Å². The molecule has 0 aliphatic carbocycles. The van der Waals surface area contributed by atoms with Crippen LogP contribution in [0, 0.1) is 12.8 Å². The summed E-state index contributed by atoms with van der Waals surface area (Å²) < 4.78 is 0. The predicted octanol–water partition coefficient (Wildman–Crippen LogP) is 2.16. The van der Waals surface area contributed by atoms with Crippen LogP contribution in [0.3, 0.4) is 0 Å². The van der Waals surface area contributed by atoms with E-state index >= 15 is 0 Å². The number of benzene rings is 1. The summed E-state index contributed by atoms with van der Waals surface area (Å²) in [5, 5.41) is 8.93. The lowest BCUT2D eigenvalue weighted by atomic mass is 10.0. The van der Waals surface area contributed by atoms with Crippen molar-refractivity contribution in [1.82, 2.24) is 4.90 Å². The Morgan fingerprint density at radius 1 is 1.42 bits per heavy atom. The van der Waals surface area contributed by atoms with Crippen LogP contribution < -0.4 is 0 Å². The Kier molecular flexibility index (Phi) is 4.97. The van der Waals surface area contributed by atoms with Crippen LogP contribution in [0.25, 0.3) is 0 Å². The number of aliphatic hydroxyl groups excluding tert-OH is 1. The Labute approximate surface area is 115 Å². The molecule has 0 radical (unpaired) electrons. The van der Waals surface area contributed by atoms with E-state index in [1.54, 1.807) is 0 Å². The molecule has 0 spiro atoms. The third-order valence-corrected chi connectivity index (χ3v) is 4.05. The summed E-state index contributed by atoms with van der Waals surface area (Å²) in [6, 6.07) is 8.24. The van der Waals surface area contributed by atoms with Gasteiger partial charge in [-0.3, -0.25) is 4.79 Å². The van der Waals surface area contributed by atoms with Crippen LogP contribution in [-0.4, -0.2) is 35.6 Å². The molecule has 1 aromatic rings. The van der Waals surface area contributed by atoms with Crippen LogP contribution in [0.2, 0.25) is 0 Å². The van der Waals surface area contributed by atoms with Crippen molar-refractivity contribution in [3.63, 3.8) is 0 Å². The minimum absolute atomic E-state index is 0.232. The lowest BCUT2D eigenvalue weighted by Gasteiger charge is -2.16. The largest absolute Gasteiger partial charge is 0.396 e. The van der Waals surface area contributed by atoms with E-state index in [-0.39, 0.29) is 12.5 Å². The Morgan fingerprint density at radius 2 is 2.21 bits per heavy atom. The highest BCUT2D eigenvalue weighted by molar-refractivity contribution is 5.76. The van der Waals surface area contributed by atoms with E-state index in [1.165, 1.54) is 11.1 Å². The summed E-state index contributed by atoms with van der Waals surface area (Å²) in [6.07, 6.45) is 3.28. The molecule has 1 amide bonds. The van der Waals surface area contributed by atoms with E-state index in [1.807, 2.05) is 17.0 Å². The van der Waals surface area contributed by atoms with Crippen molar-refractivity contribution in [3.8, 4) is 0 Å². The number of aryl methyl sites for hydroxylation is 2. The van der Waals surface area contributed by atoms with Crippen molar-refractivity contribution >= 4 is 5.91 Å². The van der Waals surface area contributed by atoms with Gasteiger partial charge in [-0.2, -0.15) is 0 Å². The van der Waals surface area contributed by atoms with Crippen molar-refractivity contribution in [1.29, 1.82) is 0 Å². The number of hydrogen-bond donors (Lipinski definition) is 1. The molecule has 0 aromatic heterocycles. The van der Waals surface area contributed by atoms with E-state index in [0.717, 1.165) is 32.4 Å². The first-order valence-corrected chi connectivity index (χ1v) is 7.14.